The van der Waals surface area contributed by atoms with Gasteiger partial charge in [-0.2, -0.15) is 0 Å². The lowest BCUT2D eigenvalue weighted by Crippen LogP contribution is -2.37. The smallest absolute Gasteiger partial charge is 0.245 e. The quantitative estimate of drug-likeness (QED) is 0.812. The molecule has 0 heterocycles. The van der Waals surface area contributed by atoms with Crippen molar-refractivity contribution in [2.75, 3.05) is 29.5 Å². The molecular weight excluding hydrogens is 376 g/mol. The Bertz CT molecular complexity index is 909. The van der Waals surface area contributed by atoms with Crippen LogP contribution in [0.2, 0.25) is 5.02 Å². The third-order valence-electron chi connectivity index (χ3n) is 3.60. The molecule has 0 bridgehead atoms. The number of hydrogen-bond donors (Lipinski definition) is 1. The van der Waals surface area contributed by atoms with Crippen molar-refractivity contribution in [3.8, 4) is 5.75 Å². The average molecular weight is 397 g/mol. The molecule has 0 saturated carbocycles. The van der Waals surface area contributed by atoms with Gasteiger partial charge in [-0.15, -0.1) is 0 Å². The molecule has 0 saturated heterocycles. The Morgan fingerprint density at radius 2 is 1.77 bits per heavy atom. The van der Waals surface area contributed by atoms with Gasteiger partial charge < -0.3 is 10.1 Å². The minimum Gasteiger partial charge on any atom is -0.495 e. The monoisotopic (exact) mass is 396 g/mol. The fraction of sp³-hybridized carbons (Fsp3) is 0.278. The van der Waals surface area contributed by atoms with Crippen molar-refractivity contribution in [3.63, 3.8) is 0 Å². The van der Waals surface area contributed by atoms with Crippen LogP contribution in [0.5, 0.6) is 5.75 Å². The van der Waals surface area contributed by atoms with Gasteiger partial charge in [-0.1, -0.05) is 17.7 Å². The number of carbonyl (C=O) groups excluding carboxylic acids is 1. The number of sulfonamides is 1. The average Bonchev–Trinajstić information content (AvgIpc) is 2.50. The first kappa shape index (κ1) is 20.1. The van der Waals surface area contributed by atoms with Crippen LogP contribution in [0.25, 0.3) is 0 Å². The van der Waals surface area contributed by atoms with Crippen LogP contribution in [-0.4, -0.2) is 34.2 Å². The second-order valence-corrected chi connectivity index (χ2v) is 8.35. The second-order valence-electron chi connectivity index (χ2n) is 6.01. The maximum absolute atomic E-state index is 12.5. The minimum absolute atomic E-state index is 0.207. The molecule has 0 aliphatic rings. The standard InChI is InChI=1S/C18H21ClN2O4S/c1-12-7-13(2)9-15(8-12)20-18(22)11-21(26(4,23)24)16-10-14(19)5-6-17(16)25-3/h5-10H,11H2,1-4H3,(H,20,22). The van der Waals surface area contributed by atoms with E-state index >= 15 is 0 Å². The normalized spacial score (nSPS) is 11.1. The molecule has 0 aliphatic carbocycles. The Hall–Kier alpha value is -2.25. The van der Waals surface area contributed by atoms with Crippen LogP contribution in [0.1, 0.15) is 11.1 Å². The van der Waals surface area contributed by atoms with Crippen LogP contribution < -0.4 is 14.4 Å². The van der Waals surface area contributed by atoms with E-state index < -0.39 is 22.5 Å². The number of methoxy groups -OCH3 is 1. The summed E-state index contributed by atoms with van der Waals surface area (Å²) >= 11 is 5.99. The first-order chi connectivity index (χ1) is 12.1. The summed E-state index contributed by atoms with van der Waals surface area (Å²) in [6.45, 7) is 3.44. The van der Waals surface area contributed by atoms with Gasteiger partial charge in [0.15, 0.2) is 0 Å². The van der Waals surface area contributed by atoms with E-state index in [1.807, 2.05) is 32.0 Å². The molecule has 140 valence electrons. The van der Waals surface area contributed by atoms with Crippen LogP contribution in [0, 0.1) is 13.8 Å². The van der Waals surface area contributed by atoms with E-state index in [1.165, 1.54) is 13.2 Å². The van der Waals surface area contributed by atoms with Gasteiger partial charge in [0.05, 0.1) is 19.1 Å². The largest absolute Gasteiger partial charge is 0.495 e. The van der Waals surface area contributed by atoms with E-state index in [4.69, 9.17) is 16.3 Å². The van der Waals surface area contributed by atoms with Gasteiger partial charge >= 0.3 is 0 Å². The molecule has 2 aromatic carbocycles. The predicted octanol–water partition coefficient (Wildman–Crippen LogP) is 3.37. The van der Waals surface area contributed by atoms with Gasteiger partial charge in [0.1, 0.15) is 12.3 Å². The first-order valence-corrected chi connectivity index (χ1v) is 10.0. The van der Waals surface area contributed by atoms with Crippen molar-refractivity contribution >= 4 is 38.9 Å². The van der Waals surface area contributed by atoms with E-state index in [9.17, 15) is 13.2 Å². The van der Waals surface area contributed by atoms with Crippen molar-refractivity contribution in [2.24, 2.45) is 0 Å². The third kappa shape index (κ3) is 5.12. The van der Waals surface area contributed by atoms with Crippen LogP contribution in [0.4, 0.5) is 11.4 Å². The molecule has 0 spiro atoms. The van der Waals surface area contributed by atoms with Crippen LogP contribution >= 0.6 is 11.6 Å². The Morgan fingerprint density at radius 3 is 2.31 bits per heavy atom. The van der Waals surface area contributed by atoms with Crippen molar-refractivity contribution < 1.29 is 17.9 Å². The van der Waals surface area contributed by atoms with Crippen LogP contribution in [0.3, 0.4) is 0 Å². The lowest BCUT2D eigenvalue weighted by molar-refractivity contribution is -0.114. The molecule has 0 radical (unpaired) electrons. The van der Waals surface area contributed by atoms with Crippen LogP contribution in [-0.2, 0) is 14.8 Å². The number of nitrogens with zero attached hydrogens (tertiary/aromatic N) is 1. The summed E-state index contributed by atoms with van der Waals surface area (Å²) in [5.74, 6) is -0.165. The molecule has 6 nitrogen and oxygen atoms in total. The van der Waals surface area contributed by atoms with Gasteiger partial charge in [0.25, 0.3) is 0 Å². The fourth-order valence-electron chi connectivity index (χ4n) is 2.62. The zero-order valence-electron chi connectivity index (χ0n) is 15.0. The third-order valence-corrected chi connectivity index (χ3v) is 4.96. The molecule has 0 aromatic heterocycles. The van der Waals surface area contributed by atoms with E-state index in [0.717, 1.165) is 21.7 Å². The molecule has 0 atom stereocenters. The van der Waals surface area contributed by atoms with E-state index in [2.05, 4.69) is 5.32 Å². The lowest BCUT2D eigenvalue weighted by atomic mass is 10.1. The highest BCUT2D eigenvalue weighted by molar-refractivity contribution is 7.92. The fourth-order valence-corrected chi connectivity index (χ4v) is 3.63. The Kier molecular flexibility index (Phi) is 6.15. The van der Waals surface area contributed by atoms with Crippen molar-refractivity contribution in [1.29, 1.82) is 0 Å². The van der Waals surface area contributed by atoms with E-state index in [1.54, 1.807) is 12.1 Å². The number of anilines is 2. The summed E-state index contributed by atoms with van der Waals surface area (Å²) in [6.07, 6.45) is 1.03. The molecule has 0 fully saturated rings. The zero-order valence-corrected chi connectivity index (χ0v) is 16.6. The number of hydrogen-bond acceptors (Lipinski definition) is 4. The number of amides is 1. The van der Waals surface area contributed by atoms with Gasteiger partial charge in [0.2, 0.25) is 15.9 Å². The number of rotatable bonds is 6. The molecule has 1 N–H and O–H groups in total. The van der Waals surface area contributed by atoms with Crippen molar-refractivity contribution in [2.45, 2.75) is 13.8 Å². The number of aryl methyl sites for hydroxylation is 2. The van der Waals surface area contributed by atoms with E-state index in [-0.39, 0.29) is 5.69 Å². The topological polar surface area (TPSA) is 75.7 Å². The van der Waals surface area contributed by atoms with E-state index in [0.29, 0.717) is 16.5 Å². The molecule has 8 heteroatoms. The number of nitrogens with one attached hydrogen (secondary N) is 1. The zero-order chi connectivity index (χ0) is 19.5. The molecule has 0 aliphatic heterocycles. The first-order valence-electron chi connectivity index (χ1n) is 7.79. The molecule has 2 rings (SSSR count). The molecular formula is C18H21ClN2O4S. The molecule has 0 unspecified atom stereocenters. The number of halogens is 1. The Morgan fingerprint density at radius 1 is 1.15 bits per heavy atom. The highest BCUT2D eigenvalue weighted by atomic mass is 35.5. The highest BCUT2D eigenvalue weighted by Crippen LogP contribution is 2.32. The summed E-state index contributed by atoms with van der Waals surface area (Å²) in [7, 11) is -2.32. The van der Waals surface area contributed by atoms with Crippen molar-refractivity contribution in [3.05, 3.63) is 52.5 Å². The minimum atomic E-state index is -3.74. The SMILES string of the molecule is COc1ccc(Cl)cc1N(CC(=O)Nc1cc(C)cc(C)c1)S(C)(=O)=O. The van der Waals surface area contributed by atoms with Crippen molar-refractivity contribution in [1.82, 2.24) is 0 Å². The number of ether oxygens (including phenoxy) is 1. The predicted molar refractivity (Wildman–Crippen MR) is 105 cm³/mol. The molecule has 2 aromatic rings. The van der Waals surface area contributed by atoms with Gasteiger partial charge in [-0.05, 0) is 55.3 Å². The number of carbonyl (C=O) groups is 1. The highest BCUT2D eigenvalue weighted by Gasteiger charge is 2.24. The summed E-state index contributed by atoms with van der Waals surface area (Å²) < 4.78 is 30.7. The summed E-state index contributed by atoms with van der Waals surface area (Å²) in [4.78, 5) is 12.5. The molecule has 1 amide bonds. The summed E-state index contributed by atoms with van der Waals surface area (Å²) in [5, 5.41) is 3.07. The van der Waals surface area contributed by atoms with Gasteiger partial charge in [-0.25, -0.2) is 8.42 Å². The maximum Gasteiger partial charge on any atom is 0.245 e. The lowest BCUT2D eigenvalue weighted by Gasteiger charge is -2.24. The summed E-state index contributed by atoms with van der Waals surface area (Å²) in [6, 6.07) is 10.2. The van der Waals surface area contributed by atoms with Gasteiger partial charge in [-0.3, -0.25) is 9.10 Å². The summed E-state index contributed by atoms with van der Waals surface area (Å²) in [5.41, 5.74) is 2.81. The maximum atomic E-state index is 12.5. The van der Waals surface area contributed by atoms with Gasteiger partial charge in [0, 0.05) is 10.7 Å². The molecule has 26 heavy (non-hydrogen) atoms. The second kappa shape index (κ2) is 7.97. The number of benzene rings is 2. The Labute approximate surface area is 158 Å². The van der Waals surface area contributed by atoms with Crippen LogP contribution in [0.15, 0.2) is 36.4 Å². The Balaban J connectivity index is 2.32.